The smallest absolute Gasteiger partial charge is 0.418 e. The number of H-pyrrole nitrogens is 1. The van der Waals surface area contributed by atoms with Crippen LogP contribution in [0.3, 0.4) is 0 Å². The number of carbonyl (C=O) groups excluding carboxylic acids is 1. The molecule has 1 aromatic carbocycles. The maximum Gasteiger partial charge on any atom is 0.418 e. The van der Waals surface area contributed by atoms with Crippen molar-refractivity contribution in [3.63, 3.8) is 0 Å². The van der Waals surface area contributed by atoms with E-state index < -0.39 is 56.9 Å². The number of nitrogens with one attached hydrogen (secondary N) is 3. The Hall–Kier alpha value is -3.10. The summed E-state index contributed by atoms with van der Waals surface area (Å²) in [5, 5.41) is 4.37. The van der Waals surface area contributed by atoms with E-state index in [9.17, 15) is 35.9 Å². The summed E-state index contributed by atoms with van der Waals surface area (Å²) in [5.74, 6) is -3.63. The molecule has 0 spiro atoms. The number of ether oxygens (including phenoxy) is 1. The first-order valence-corrected chi connectivity index (χ1v) is 11.8. The maximum absolute atomic E-state index is 14.6. The Kier molecular flexibility index (Phi) is 6.31. The van der Waals surface area contributed by atoms with Gasteiger partial charge in [0, 0.05) is 47.8 Å². The number of amides is 2. The van der Waals surface area contributed by atoms with Crippen LogP contribution in [0.25, 0.3) is 11.0 Å². The van der Waals surface area contributed by atoms with Crippen LogP contribution in [-0.4, -0.2) is 42.7 Å². The highest BCUT2D eigenvalue weighted by Gasteiger charge is 2.35. The summed E-state index contributed by atoms with van der Waals surface area (Å²) in [6.07, 6.45) is -2.28. The summed E-state index contributed by atoms with van der Waals surface area (Å²) in [4.78, 5) is 18.3. The molecule has 1 aliphatic heterocycles. The van der Waals surface area contributed by atoms with Crippen LogP contribution < -0.4 is 15.4 Å². The molecule has 14 heteroatoms. The van der Waals surface area contributed by atoms with E-state index >= 15 is 0 Å². The van der Waals surface area contributed by atoms with Gasteiger partial charge in [0.1, 0.15) is 11.4 Å². The predicted octanol–water partition coefficient (Wildman–Crippen LogP) is 5.69. The molecule has 0 saturated carbocycles. The number of urea groups is 1. The monoisotopic (exact) mass is 506 g/mol. The molecule has 184 valence electrons. The van der Waals surface area contributed by atoms with E-state index in [1.165, 1.54) is 0 Å². The first kappa shape index (κ1) is 24.0. The van der Waals surface area contributed by atoms with Crippen LogP contribution in [0, 0.1) is 11.6 Å². The van der Waals surface area contributed by atoms with Gasteiger partial charge in [-0.15, -0.1) is 0 Å². The van der Waals surface area contributed by atoms with Crippen molar-refractivity contribution in [1.82, 2.24) is 15.3 Å². The fourth-order valence-corrected chi connectivity index (χ4v) is 5.11. The van der Waals surface area contributed by atoms with Crippen LogP contribution in [0.5, 0.6) is 11.5 Å². The molecule has 1 saturated heterocycles. The van der Waals surface area contributed by atoms with E-state index in [-0.39, 0.29) is 28.9 Å². The summed E-state index contributed by atoms with van der Waals surface area (Å²) >= 11 is 0. The quantitative estimate of drug-likeness (QED) is 0.292. The minimum Gasteiger partial charge on any atom is -0.450 e. The number of fused-ring (bicyclic) bond motifs is 1. The van der Waals surface area contributed by atoms with Crippen LogP contribution in [0.1, 0.15) is 18.4 Å². The summed E-state index contributed by atoms with van der Waals surface area (Å²) in [5.41, 5.74) is -1.53. The fraction of sp³-hybridized carbons (Fsp3) is 0.300. The minimum absolute atomic E-state index is 0.146. The lowest BCUT2D eigenvalue weighted by atomic mass is 10.1. The number of hydrogen-bond acceptors (Lipinski definition) is 5. The number of alkyl halides is 3. The third kappa shape index (κ3) is 5.18. The van der Waals surface area contributed by atoms with Gasteiger partial charge in [0.15, 0.2) is 17.4 Å². The molecule has 2 aromatic heterocycles. The van der Waals surface area contributed by atoms with Gasteiger partial charge in [-0.2, -0.15) is 23.8 Å². The standard InChI is InChI=1S/C20H19F5N4O4S/c21-13-7-11(29-19(30)28-10-2-5-34(31,32)6-3-10)8-14(22)17(13)33-15-1-4-26-18-16(15)12(9-27-18)20(23,24)25/h1,4,7-10,31-32H,2-3,5-6H2,(H,26,27)(H2,28,29,30). The normalized spacial score (nSPS) is 17.4. The zero-order valence-corrected chi connectivity index (χ0v) is 18.1. The number of nitrogens with zero attached hydrogens (tertiary/aromatic N) is 1. The molecule has 5 N–H and O–H groups in total. The topological polar surface area (TPSA) is 120 Å². The molecule has 3 heterocycles. The third-order valence-electron chi connectivity index (χ3n) is 5.23. The second-order valence-corrected chi connectivity index (χ2v) is 10.1. The van der Waals surface area contributed by atoms with Crippen LogP contribution in [0.15, 0.2) is 30.6 Å². The Morgan fingerprint density at radius 2 is 1.82 bits per heavy atom. The fourth-order valence-electron chi connectivity index (χ4n) is 3.58. The Morgan fingerprint density at radius 1 is 1.18 bits per heavy atom. The van der Waals surface area contributed by atoms with Crippen LogP contribution in [0.2, 0.25) is 0 Å². The van der Waals surface area contributed by atoms with Crippen molar-refractivity contribution in [2.45, 2.75) is 25.1 Å². The van der Waals surface area contributed by atoms with E-state index in [4.69, 9.17) is 4.74 Å². The molecule has 0 aliphatic carbocycles. The van der Waals surface area contributed by atoms with Gasteiger partial charge in [0.25, 0.3) is 0 Å². The minimum atomic E-state index is -4.76. The van der Waals surface area contributed by atoms with Crippen molar-refractivity contribution < 1.29 is 40.6 Å². The molecule has 0 unspecified atom stereocenters. The van der Waals surface area contributed by atoms with Crippen molar-refractivity contribution in [2.75, 3.05) is 16.8 Å². The van der Waals surface area contributed by atoms with Gasteiger partial charge >= 0.3 is 12.2 Å². The first-order chi connectivity index (χ1) is 15.9. The van der Waals surface area contributed by atoms with Crippen LogP contribution in [-0.2, 0) is 6.18 Å². The number of anilines is 1. The molecule has 1 aliphatic rings. The average molecular weight is 506 g/mol. The molecular weight excluding hydrogens is 487 g/mol. The van der Waals surface area contributed by atoms with Crippen molar-refractivity contribution in [3.05, 3.63) is 47.8 Å². The molecule has 0 radical (unpaired) electrons. The summed E-state index contributed by atoms with van der Waals surface area (Å²) < 4.78 is 93.5. The lowest BCUT2D eigenvalue weighted by Crippen LogP contribution is -2.41. The van der Waals surface area contributed by atoms with Gasteiger partial charge in [0.05, 0.1) is 10.9 Å². The molecule has 0 bridgehead atoms. The molecule has 1 fully saturated rings. The molecule has 8 nitrogen and oxygen atoms in total. The Morgan fingerprint density at radius 3 is 2.44 bits per heavy atom. The van der Waals surface area contributed by atoms with E-state index in [1.807, 2.05) is 0 Å². The lowest BCUT2D eigenvalue weighted by molar-refractivity contribution is -0.136. The summed E-state index contributed by atoms with van der Waals surface area (Å²) in [7, 11) is -2.63. The van der Waals surface area contributed by atoms with E-state index in [1.54, 1.807) is 0 Å². The van der Waals surface area contributed by atoms with E-state index in [0.29, 0.717) is 19.0 Å². The third-order valence-corrected chi connectivity index (χ3v) is 7.01. The second kappa shape index (κ2) is 8.92. The van der Waals surface area contributed by atoms with Crippen molar-refractivity contribution in [1.29, 1.82) is 0 Å². The van der Waals surface area contributed by atoms with Gasteiger partial charge in [-0.3, -0.25) is 9.11 Å². The number of rotatable bonds is 4. The molecule has 0 atom stereocenters. The Bertz CT molecular complexity index is 1200. The lowest BCUT2D eigenvalue weighted by Gasteiger charge is -2.39. The number of benzene rings is 1. The highest BCUT2D eigenvalue weighted by Crippen LogP contribution is 2.44. The van der Waals surface area contributed by atoms with Gasteiger partial charge in [0.2, 0.25) is 0 Å². The number of aromatic nitrogens is 2. The number of pyridine rings is 1. The van der Waals surface area contributed by atoms with Gasteiger partial charge in [-0.25, -0.2) is 18.6 Å². The zero-order chi connectivity index (χ0) is 24.7. The SMILES string of the molecule is O=C(Nc1cc(F)c(Oc2ccnc3[nH]cc(C(F)(F)F)c23)c(F)c1)NC1CCS(O)(O)CC1. The van der Waals surface area contributed by atoms with Gasteiger partial charge in [-0.05, 0) is 18.9 Å². The maximum atomic E-state index is 14.6. The molecular formula is C20H19F5N4O4S. The zero-order valence-electron chi connectivity index (χ0n) is 17.2. The van der Waals surface area contributed by atoms with Gasteiger partial charge < -0.3 is 20.4 Å². The molecule has 3 aromatic rings. The predicted molar refractivity (Wildman–Crippen MR) is 115 cm³/mol. The molecule has 4 rings (SSSR count). The first-order valence-electron chi connectivity index (χ1n) is 9.94. The highest BCUT2D eigenvalue weighted by molar-refractivity contribution is 8.24. The average Bonchev–Trinajstić information content (AvgIpc) is 3.18. The second-order valence-electron chi connectivity index (χ2n) is 7.69. The number of aromatic amines is 1. The van der Waals surface area contributed by atoms with Crippen LogP contribution >= 0.6 is 10.6 Å². The summed E-state index contributed by atoms with van der Waals surface area (Å²) in [6, 6.07) is 1.47. The van der Waals surface area contributed by atoms with E-state index in [0.717, 1.165) is 24.4 Å². The highest BCUT2D eigenvalue weighted by atomic mass is 32.3. The number of hydrogen-bond donors (Lipinski definition) is 5. The van der Waals surface area contributed by atoms with Crippen molar-refractivity contribution in [2.24, 2.45) is 0 Å². The largest absolute Gasteiger partial charge is 0.450 e. The van der Waals surface area contributed by atoms with E-state index in [2.05, 4.69) is 20.6 Å². The summed E-state index contributed by atoms with van der Waals surface area (Å²) in [6.45, 7) is 0. The Balaban J connectivity index is 1.51. The molecule has 34 heavy (non-hydrogen) atoms. The van der Waals surface area contributed by atoms with Crippen LogP contribution in [0.4, 0.5) is 32.4 Å². The van der Waals surface area contributed by atoms with Crippen molar-refractivity contribution in [3.8, 4) is 11.5 Å². The van der Waals surface area contributed by atoms with Gasteiger partial charge in [-0.1, -0.05) is 0 Å². The molecule has 2 amide bonds. The van der Waals surface area contributed by atoms with Crippen molar-refractivity contribution >= 4 is 33.3 Å². The Labute approximate surface area is 190 Å². The number of halogens is 5. The number of carbonyl (C=O) groups is 1.